The maximum absolute atomic E-state index is 9.41. The summed E-state index contributed by atoms with van der Waals surface area (Å²) in [6.07, 6.45) is 0. The second-order valence-electron chi connectivity index (χ2n) is 0.533. The van der Waals surface area contributed by atoms with Crippen LogP contribution < -0.4 is 5.73 Å². The van der Waals surface area contributed by atoms with Gasteiger partial charge in [-0.15, -0.1) is 0 Å². The molecular weight excluding hydrogens is 177 g/mol. The van der Waals surface area contributed by atoms with Crippen LogP contribution in [0.25, 0.3) is 0 Å². The van der Waals surface area contributed by atoms with Crippen molar-refractivity contribution in [2.45, 2.75) is 0 Å². The molecule has 0 rings (SSSR count). The minimum atomic E-state index is 0. The Hall–Kier alpha value is 0.404. The Morgan fingerprint density at radius 1 is 1.86 bits per heavy atom. The van der Waals surface area contributed by atoms with Crippen LogP contribution in [0.5, 0.6) is 0 Å². The topological polar surface area (TPSA) is 43.1 Å². The van der Waals surface area contributed by atoms with E-state index >= 15 is 0 Å². The normalized spacial score (nSPS) is 6.29. The third-order valence-corrected chi connectivity index (χ3v) is 0.781. The van der Waals surface area contributed by atoms with E-state index in [1.54, 1.807) is 0 Å². The Morgan fingerprint density at radius 3 is 2.29 bits per heavy atom. The van der Waals surface area contributed by atoms with E-state index in [2.05, 4.69) is 12.2 Å². The number of carbonyl (C=O) groups excluding carboxylic acids is 1. The van der Waals surface area contributed by atoms with Crippen LogP contribution in [0, 0.1) is 0 Å². The van der Waals surface area contributed by atoms with Crippen molar-refractivity contribution in [1.82, 2.24) is 0 Å². The first kappa shape index (κ1) is 10.4. The van der Waals surface area contributed by atoms with E-state index < -0.39 is 0 Å². The summed E-state index contributed by atoms with van der Waals surface area (Å²) in [6.45, 7) is 0. The van der Waals surface area contributed by atoms with E-state index in [1.165, 1.54) is 0 Å². The Labute approximate surface area is 61.1 Å². The van der Waals surface area contributed by atoms with Crippen LogP contribution in [0.15, 0.2) is 0 Å². The van der Waals surface area contributed by atoms with Crippen molar-refractivity contribution in [3.63, 3.8) is 0 Å². The van der Waals surface area contributed by atoms with Gasteiger partial charge in [0.2, 0.25) is 0 Å². The molecule has 2 nitrogen and oxygen atoms in total. The molecular formula is C2H3NNiOS2. The minimum absolute atomic E-state index is 0. The van der Waals surface area contributed by atoms with E-state index in [1.807, 2.05) is 0 Å². The largest absolute Gasteiger partial charge is 0.384 e. The maximum atomic E-state index is 9.41. The molecule has 0 aliphatic carbocycles. The molecule has 0 aliphatic heterocycles. The molecule has 0 atom stereocenters. The van der Waals surface area contributed by atoms with Gasteiger partial charge < -0.3 is 5.73 Å². The number of carbonyl (C=O) groups is 1. The molecule has 0 saturated carbocycles. The molecule has 0 fully saturated rings. The number of hydrogen-bond donors (Lipinski definition) is 1. The number of thioether (sulfide) groups is 1. The SMILES string of the molecule is NC(=S)SC=O.[Ni]. The predicted molar refractivity (Wildman–Crippen MR) is 31.1 cm³/mol. The van der Waals surface area contributed by atoms with E-state index in [-0.39, 0.29) is 20.8 Å². The zero-order chi connectivity index (χ0) is 4.99. The summed E-state index contributed by atoms with van der Waals surface area (Å²) >= 11 is 5.12. The minimum Gasteiger partial charge on any atom is -0.384 e. The van der Waals surface area contributed by atoms with Crippen LogP contribution in [-0.4, -0.2) is 9.94 Å². The number of thiocarbonyl (C=S) groups is 1. The Morgan fingerprint density at radius 2 is 2.29 bits per heavy atom. The molecule has 5 heteroatoms. The number of rotatable bonds is 1. The fraction of sp³-hybridized carbons (Fsp3) is 0. The van der Waals surface area contributed by atoms with Gasteiger partial charge in [0.25, 0.3) is 0 Å². The van der Waals surface area contributed by atoms with Crippen molar-refractivity contribution in [2.24, 2.45) is 5.73 Å². The van der Waals surface area contributed by atoms with Crippen molar-refractivity contribution < 1.29 is 21.3 Å². The van der Waals surface area contributed by atoms with Crippen LogP contribution in [0.3, 0.4) is 0 Å². The molecule has 0 aliphatic rings. The van der Waals surface area contributed by atoms with E-state index in [9.17, 15) is 4.79 Å². The summed E-state index contributed by atoms with van der Waals surface area (Å²) in [5.41, 5.74) is 5.47. The average molecular weight is 180 g/mol. The van der Waals surface area contributed by atoms with Gasteiger partial charge in [-0.2, -0.15) is 0 Å². The molecule has 0 spiro atoms. The molecule has 7 heavy (non-hydrogen) atoms. The molecule has 0 aromatic rings. The Bertz CT molecular complexity index is 76.1. The van der Waals surface area contributed by atoms with Crippen molar-refractivity contribution in [1.29, 1.82) is 0 Å². The van der Waals surface area contributed by atoms with E-state index in [4.69, 9.17) is 5.73 Å². The molecule has 44 valence electrons. The van der Waals surface area contributed by atoms with E-state index in [0.29, 0.717) is 5.62 Å². The third kappa shape index (κ3) is 10.7. The summed E-state index contributed by atoms with van der Waals surface area (Å²) in [5, 5.41) is 0. The fourth-order valence-electron chi connectivity index (χ4n) is 0.0474. The van der Waals surface area contributed by atoms with Gasteiger partial charge >= 0.3 is 0 Å². The van der Waals surface area contributed by atoms with Crippen molar-refractivity contribution in [3.8, 4) is 0 Å². The van der Waals surface area contributed by atoms with Crippen LogP contribution >= 0.6 is 24.0 Å². The zero-order valence-electron chi connectivity index (χ0n) is 3.20. The summed E-state index contributed by atoms with van der Waals surface area (Å²) in [7, 11) is 0. The van der Waals surface area contributed by atoms with Crippen LogP contribution in [0.4, 0.5) is 0 Å². The third-order valence-electron chi connectivity index (χ3n) is 0.164. The Balaban J connectivity index is 0. The van der Waals surface area contributed by atoms with Crippen LogP contribution in [0.1, 0.15) is 0 Å². The molecule has 0 aromatic carbocycles. The smallest absolute Gasteiger partial charge is 0.183 e. The van der Waals surface area contributed by atoms with Gasteiger partial charge in [0.1, 0.15) is 4.32 Å². The Kier molecular flexibility index (Phi) is 9.51. The first-order valence-corrected chi connectivity index (χ1v) is 2.46. The van der Waals surface area contributed by atoms with Crippen molar-refractivity contribution >= 4 is 33.9 Å². The second-order valence-corrected chi connectivity index (χ2v) is 2.10. The summed E-state index contributed by atoms with van der Waals surface area (Å²) in [4.78, 5) is 9.41. The zero-order valence-corrected chi connectivity index (χ0v) is 5.82. The van der Waals surface area contributed by atoms with Gasteiger partial charge in [-0.25, -0.2) is 0 Å². The van der Waals surface area contributed by atoms with Crippen molar-refractivity contribution in [3.05, 3.63) is 0 Å². The van der Waals surface area contributed by atoms with Gasteiger partial charge in [-0.1, -0.05) is 12.2 Å². The molecule has 0 unspecified atom stereocenters. The van der Waals surface area contributed by atoms with Gasteiger partial charge in [-0.3, -0.25) is 4.79 Å². The number of nitrogens with two attached hydrogens (primary N) is 1. The van der Waals surface area contributed by atoms with Crippen molar-refractivity contribution in [2.75, 3.05) is 0 Å². The molecule has 0 heterocycles. The average Bonchev–Trinajstić information content (AvgIpc) is 1.35. The van der Waals surface area contributed by atoms with Gasteiger partial charge in [0.15, 0.2) is 5.62 Å². The van der Waals surface area contributed by atoms with Crippen LogP contribution in [-0.2, 0) is 21.3 Å². The van der Waals surface area contributed by atoms with Crippen LogP contribution in [0.2, 0.25) is 0 Å². The summed E-state index contributed by atoms with van der Waals surface area (Å²) < 4.78 is 0.171. The molecule has 0 bridgehead atoms. The first-order valence-electron chi connectivity index (χ1n) is 1.17. The quantitative estimate of drug-likeness (QED) is 0.354. The summed E-state index contributed by atoms with van der Waals surface area (Å²) in [6, 6.07) is 0. The molecule has 0 aromatic heterocycles. The molecule has 0 saturated heterocycles. The second kappa shape index (κ2) is 6.40. The predicted octanol–water partition coefficient (Wildman–Crippen LogP) is 0.151. The molecule has 2 N–H and O–H groups in total. The van der Waals surface area contributed by atoms with E-state index in [0.717, 1.165) is 11.8 Å². The van der Waals surface area contributed by atoms with Gasteiger partial charge in [0, 0.05) is 16.5 Å². The first-order chi connectivity index (χ1) is 2.77. The fourth-order valence-corrected chi connectivity index (χ4v) is 0.260. The van der Waals surface area contributed by atoms with Gasteiger partial charge in [0.05, 0.1) is 0 Å². The van der Waals surface area contributed by atoms with Gasteiger partial charge in [-0.05, 0) is 11.8 Å². The monoisotopic (exact) mass is 179 g/mol. The number of hydrogen-bond acceptors (Lipinski definition) is 3. The maximum Gasteiger partial charge on any atom is 0.183 e. The molecule has 0 radical (unpaired) electrons. The standard InChI is InChI=1S/C2H3NOS2.Ni/c3-2(5)6-1-4;/h1H,(H2,3,5);. The summed E-state index contributed by atoms with van der Waals surface area (Å²) in [5.74, 6) is 0. The molecule has 0 amide bonds.